The Bertz CT molecular complexity index is 400. The van der Waals surface area contributed by atoms with Crippen LogP contribution in [0.2, 0.25) is 0 Å². The first-order chi connectivity index (χ1) is 11.1. The lowest BCUT2D eigenvalue weighted by Gasteiger charge is -2.03. The van der Waals surface area contributed by atoms with Crippen molar-refractivity contribution in [2.45, 2.75) is 91.5 Å². The zero-order chi connectivity index (χ0) is 17.3. The molecule has 1 rings (SSSR count). The number of rotatable bonds is 11. The summed E-state index contributed by atoms with van der Waals surface area (Å²) in [6, 6.07) is 6.53. The summed E-state index contributed by atoms with van der Waals surface area (Å²) in [6.45, 7) is 6.69. The Morgan fingerprint density at radius 2 is 1.48 bits per heavy atom. The van der Waals surface area contributed by atoms with Crippen molar-refractivity contribution in [3.8, 4) is 0 Å². The topological polar surface area (TPSA) is 44.0 Å². The van der Waals surface area contributed by atoms with Crippen molar-refractivity contribution in [3.63, 3.8) is 0 Å². The van der Waals surface area contributed by atoms with E-state index < -0.39 is 5.97 Å². The van der Waals surface area contributed by atoms with E-state index >= 15 is 0 Å². The van der Waals surface area contributed by atoms with Gasteiger partial charge < -0.3 is 9.90 Å². The number of hydrogen-bond donors (Lipinski definition) is 0. The summed E-state index contributed by atoms with van der Waals surface area (Å²) in [5.41, 5.74) is 1.46. The SMILES string of the molecule is CC(=O)[O-].CCCCCCCCCCC[n+]1ccccc1CC. The first-order valence-corrected chi connectivity index (χ1v) is 9.26. The molecule has 1 aromatic heterocycles. The van der Waals surface area contributed by atoms with Gasteiger partial charge in [0.15, 0.2) is 11.9 Å². The summed E-state index contributed by atoms with van der Waals surface area (Å²) in [6.07, 6.45) is 16.0. The fraction of sp³-hybridized carbons (Fsp3) is 0.700. The summed E-state index contributed by atoms with van der Waals surface area (Å²) in [7, 11) is 0. The van der Waals surface area contributed by atoms with E-state index in [1.54, 1.807) is 0 Å². The van der Waals surface area contributed by atoms with E-state index in [0.29, 0.717) is 0 Å². The van der Waals surface area contributed by atoms with Crippen LogP contribution < -0.4 is 9.67 Å². The maximum atomic E-state index is 8.89. The Kier molecular flexibility index (Phi) is 14.6. The number of aromatic nitrogens is 1. The lowest BCUT2D eigenvalue weighted by molar-refractivity contribution is -0.704. The van der Waals surface area contributed by atoms with Crippen molar-refractivity contribution in [1.29, 1.82) is 0 Å². The van der Waals surface area contributed by atoms with Gasteiger partial charge in [-0.25, -0.2) is 4.57 Å². The van der Waals surface area contributed by atoms with E-state index in [0.717, 1.165) is 13.3 Å². The third-order valence-corrected chi connectivity index (χ3v) is 3.90. The molecular formula is C20H35NO2. The smallest absolute Gasteiger partial charge is 0.181 e. The van der Waals surface area contributed by atoms with Gasteiger partial charge in [0.2, 0.25) is 0 Å². The van der Waals surface area contributed by atoms with Crippen LogP contribution in [0.5, 0.6) is 0 Å². The van der Waals surface area contributed by atoms with Crippen LogP contribution in [0.3, 0.4) is 0 Å². The molecule has 23 heavy (non-hydrogen) atoms. The van der Waals surface area contributed by atoms with Gasteiger partial charge in [-0.05, 0) is 13.3 Å². The highest BCUT2D eigenvalue weighted by Crippen LogP contribution is 2.09. The summed E-state index contributed by atoms with van der Waals surface area (Å²) >= 11 is 0. The van der Waals surface area contributed by atoms with Gasteiger partial charge in [0.25, 0.3) is 0 Å². The van der Waals surface area contributed by atoms with Crippen molar-refractivity contribution in [2.75, 3.05) is 0 Å². The molecule has 0 atom stereocenters. The predicted octanol–water partition coefficient (Wildman–Crippen LogP) is 3.82. The molecule has 0 fully saturated rings. The molecule has 3 nitrogen and oxygen atoms in total. The van der Waals surface area contributed by atoms with Crippen molar-refractivity contribution < 1.29 is 14.5 Å². The highest BCUT2D eigenvalue weighted by Gasteiger charge is 2.05. The van der Waals surface area contributed by atoms with Gasteiger partial charge in [-0.2, -0.15) is 0 Å². The molecule has 0 aliphatic carbocycles. The molecule has 0 unspecified atom stereocenters. The second-order valence-electron chi connectivity index (χ2n) is 6.06. The van der Waals surface area contributed by atoms with Crippen LogP contribution in [0.4, 0.5) is 0 Å². The number of carboxylic acid groups (broad SMARTS) is 1. The first-order valence-electron chi connectivity index (χ1n) is 9.26. The van der Waals surface area contributed by atoms with Gasteiger partial charge in [-0.3, -0.25) is 0 Å². The van der Waals surface area contributed by atoms with Gasteiger partial charge in [0.1, 0.15) is 6.54 Å². The Labute approximate surface area is 142 Å². The number of pyridine rings is 1. The summed E-state index contributed by atoms with van der Waals surface area (Å²) in [4.78, 5) is 8.89. The fourth-order valence-corrected chi connectivity index (χ4v) is 2.64. The number of aliphatic carboxylic acids is 1. The summed E-state index contributed by atoms with van der Waals surface area (Å²) < 4.78 is 2.42. The van der Waals surface area contributed by atoms with Crippen LogP contribution in [-0.4, -0.2) is 5.97 Å². The number of carbonyl (C=O) groups excluding carboxylic acids is 1. The summed E-state index contributed by atoms with van der Waals surface area (Å²) in [5.74, 6) is -1.08. The number of carbonyl (C=O) groups is 1. The van der Waals surface area contributed by atoms with Gasteiger partial charge in [-0.1, -0.05) is 64.9 Å². The zero-order valence-corrected chi connectivity index (χ0v) is 15.4. The lowest BCUT2D eigenvalue weighted by Crippen LogP contribution is -2.37. The van der Waals surface area contributed by atoms with E-state index in [-0.39, 0.29) is 0 Å². The third-order valence-electron chi connectivity index (χ3n) is 3.90. The largest absolute Gasteiger partial charge is 0.550 e. The van der Waals surface area contributed by atoms with Crippen LogP contribution in [0.1, 0.15) is 84.3 Å². The normalized spacial score (nSPS) is 10.0. The molecule has 0 N–H and O–H groups in total. The minimum atomic E-state index is -1.08. The van der Waals surface area contributed by atoms with Gasteiger partial charge in [0.05, 0.1) is 0 Å². The molecule has 0 bridgehead atoms. The van der Waals surface area contributed by atoms with Crippen molar-refractivity contribution >= 4 is 5.97 Å². The molecule has 0 aliphatic rings. The fourth-order valence-electron chi connectivity index (χ4n) is 2.64. The second-order valence-corrected chi connectivity index (χ2v) is 6.06. The van der Waals surface area contributed by atoms with Gasteiger partial charge in [0, 0.05) is 30.9 Å². The van der Waals surface area contributed by atoms with E-state index in [9.17, 15) is 0 Å². The number of unbranched alkanes of at least 4 members (excludes halogenated alkanes) is 8. The summed E-state index contributed by atoms with van der Waals surface area (Å²) in [5, 5.41) is 8.89. The Balaban J connectivity index is 0.00000108. The molecule has 0 saturated carbocycles. The first kappa shape index (κ1) is 21.6. The molecule has 1 aromatic rings. The van der Waals surface area contributed by atoms with Crippen molar-refractivity contribution in [1.82, 2.24) is 0 Å². The van der Waals surface area contributed by atoms with Crippen LogP contribution in [0.15, 0.2) is 24.4 Å². The molecule has 1 heterocycles. The van der Waals surface area contributed by atoms with Gasteiger partial charge in [-0.15, -0.1) is 0 Å². The van der Waals surface area contributed by atoms with Crippen LogP contribution in [0.25, 0.3) is 0 Å². The molecule has 132 valence electrons. The maximum Gasteiger partial charge on any atom is 0.181 e. The molecule has 0 aliphatic heterocycles. The molecule has 0 aromatic carbocycles. The molecule has 0 saturated heterocycles. The quantitative estimate of drug-likeness (QED) is 0.459. The van der Waals surface area contributed by atoms with Crippen LogP contribution in [-0.2, 0) is 17.8 Å². The Hall–Kier alpha value is -1.38. The number of carboxylic acids is 1. The predicted molar refractivity (Wildman–Crippen MR) is 93.9 cm³/mol. The number of nitrogens with zero attached hydrogens (tertiary/aromatic N) is 1. The number of hydrogen-bond acceptors (Lipinski definition) is 2. The Morgan fingerprint density at radius 1 is 0.957 bits per heavy atom. The highest BCUT2D eigenvalue weighted by molar-refractivity contribution is 5.60. The minimum Gasteiger partial charge on any atom is -0.550 e. The molecule has 0 radical (unpaired) electrons. The number of aryl methyl sites for hydroxylation is 2. The van der Waals surface area contributed by atoms with Crippen molar-refractivity contribution in [2.24, 2.45) is 0 Å². The molecule has 3 heteroatoms. The molecule has 0 spiro atoms. The maximum absolute atomic E-state index is 8.89. The van der Waals surface area contributed by atoms with E-state index in [4.69, 9.17) is 9.90 Å². The second kappa shape index (κ2) is 15.5. The van der Waals surface area contributed by atoms with E-state index in [1.165, 1.54) is 70.0 Å². The van der Waals surface area contributed by atoms with E-state index in [1.807, 2.05) is 0 Å². The zero-order valence-electron chi connectivity index (χ0n) is 15.4. The average molecular weight is 322 g/mol. The molecule has 0 amide bonds. The molecular weight excluding hydrogens is 286 g/mol. The van der Waals surface area contributed by atoms with Gasteiger partial charge >= 0.3 is 0 Å². The van der Waals surface area contributed by atoms with Crippen molar-refractivity contribution in [3.05, 3.63) is 30.1 Å². The lowest BCUT2D eigenvalue weighted by atomic mass is 10.1. The highest BCUT2D eigenvalue weighted by atomic mass is 16.4. The van der Waals surface area contributed by atoms with E-state index in [2.05, 4.69) is 42.8 Å². The van der Waals surface area contributed by atoms with Crippen LogP contribution in [0, 0.1) is 0 Å². The van der Waals surface area contributed by atoms with Crippen LogP contribution >= 0.6 is 0 Å². The Morgan fingerprint density at radius 3 is 2.00 bits per heavy atom. The third kappa shape index (κ3) is 14.0. The monoisotopic (exact) mass is 321 g/mol. The minimum absolute atomic E-state index is 0.972. The average Bonchev–Trinajstić information content (AvgIpc) is 2.53. The standard InChI is InChI=1S/C18H32N.C2H4O2/c1-3-5-6-7-8-9-10-11-13-16-19-17-14-12-15-18(19)4-2;1-2(3)4/h12,14-15,17H,3-11,13,16H2,1-2H3;1H3,(H,3,4)/q+1;/p-1.